The summed E-state index contributed by atoms with van der Waals surface area (Å²) in [6.07, 6.45) is 0.0140. The third kappa shape index (κ3) is 27.3. The Kier molecular flexibility index (Phi) is 27.2. The molecule has 1 aliphatic carbocycles. The lowest BCUT2D eigenvalue weighted by Gasteiger charge is -2.45. The first-order valence-corrected chi connectivity index (χ1v) is 25.1. The number of phosphoric ester groups is 4. The van der Waals surface area contributed by atoms with Gasteiger partial charge in [-0.2, -0.15) is 0 Å². The average Bonchev–Trinajstić information content (AvgIpc) is 3.16. The third-order valence-corrected chi connectivity index (χ3v) is 10.8. The normalized spacial score (nSPS) is 21.4. The number of esters is 2. The van der Waals surface area contributed by atoms with Crippen LogP contribution in [0.4, 0.5) is 0 Å². The van der Waals surface area contributed by atoms with Crippen LogP contribution in [-0.2, 0) is 59.9 Å². The van der Waals surface area contributed by atoms with Gasteiger partial charge in [-0.3, -0.25) is 27.4 Å². The predicted molar refractivity (Wildman–Crippen MR) is 215 cm³/mol. The van der Waals surface area contributed by atoms with Crippen molar-refractivity contribution < 1.29 is 104 Å². The number of aliphatic hydroxyl groups excluding tert-OH is 2. The summed E-state index contributed by atoms with van der Waals surface area (Å²) in [5, 5.41) is 21.7. The third-order valence-electron chi connectivity index (χ3n) is 8.24. The van der Waals surface area contributed by atoms with Gasteiger partial charge in [0.05, 0.1) is 6.61 Å². The van der Waals surface area contributed by atoms with E-state index in [0.717, 1.165) is 32.1 Å². The molecule has 0 aromatic carbocycles. The van der Waals surface area contributed by atoms with Gasteiger partial charge in [-0.1, -0.05) is 84.0 Å². The fourth-order valence-electron chi connectivity index (χ4n) is 5.61. The zero-order valence-corrected chi connectivity index (χ0v) is 37.1. The molecule has 0 aliphatic heterocycles. The topological polar surface area (TPSA) is 349 Å². The number of aliphatic hydroxyl groups is 2. The van der Waals surface area contributed by atoms with Crippen molar-refractivity contribution in [3.63, 3.8) is 0 Å². The van der Waals surface area contributed by atoms with Crippen molar-refractivity contribution >= 4 is 43.2 Å². The van der Waals surface area contributed by atoms with Gasteiger partial charge in [0.1, 0.15) is 43.2 Å². The maximum atomic E-state index is 13.1. The molecule has 9 N–H and O–H groups in total. The number of ether oxygens (including phenoxy) is 2. The molecule has 1 aliphatic rings. The molecule has 0 bridgehead atoms. The Labute approximate surface area is 359 Å². The van der Waals surface area contributed by atoms with E-state index >= 15 is 0 Å². The molecule has 5 unspecified atom stereocenters. The number of hydrogen-bond acceptors (Lipinski definition) is 15. The van der Waals surface area contributed by atoms with Crippen molar-refractivity contribution in [3.8, 4) is 59.7 Å². The zero-order chi connectivity index (χ0) is 46.8. The Morgan fingerprint density at radius 3 is 1.44 bits per heavy atom. The van der Waals surface area contributed by atoms with Gasteiger partial charge in [0.25, 0.3) is 0 Å². The van der Waals surface area contributed by atoms with Crippen LogP contribution < -0.4 is 0 Å². The zero-order valence-electron chi connectivity index (χ0n) is 33.6. The number of phosphoric acid groups is 4. The molecule has 0 amide bonds. The maximum Gasteiger partial charge on any atom is 0.472 e. The highest BCUT2D eigenvalue weighted by atomic mass is 31.2. The Morgan fingerprint density at radius 1 is 0.565 bits per heavy atom. The number of carbonyl (C=O) groups excluding carboxylic acids is 2. The summed E-state index contributed by atoms with van der Waals surface area (Å²) < 4.78 is 80.8. The summed E-state index contributed by atoms with van der Waals surface area (Å²) in [6.45, 7) is 0.200. The molecule has 348 valence electrons. The van der Waals surface area contributed by atoms with E-state index in [9.17, 15) is 72.3 Å². The van der Waals surface area contributed by atoms with E-state index in [4.69, 9.17) is 24.9 Å². The second kappa shape index (κ2) is 29.5. The molecule has 0 saturated heterocycles. The first-order chi connectivity index (χ1) is 29.0. The van der Waals surface area contributed by atoms with E-state index in [1.807, 2.05) is 11.8 Å². The van der Waals surface area contributed by atoms with E-state index in [-0.39, 0.29) is 6.42 Å². The van der Waals surface area contributed by atoms with Crippen LogP contribution in [0.3, 0.4) is 0 Å². The van der Waals surface area contributed by atoms with E-state index in [1.54, 1.807) is 0 Å². The molecule has 22 nitrogen and oxygen atoms in total. The Hall–Kier alpha value is -2.90. The van der Waals surface area contributed by atoms with Crippen LogP contribution in [0.15, 0.2) is 0 Å². The summed E-state index contributed by atoms with van der Waals surface area (Å²) >= 11 is 0. The molecule has 0 radical (unpaired) electrons. The molecular formula is C36H52O22P4. The van der Waals surface area contributed by atoms with Crippen LogP contribution in [0.1, 0.15) is 96.8 Å². The minimum atomic E-state index is -5.81. The van der Waals surface area contributed by atoms with Crippen molar-refractivity contribution in [2.75, 3.05) is 13.2 Å². The first-order valence-electron chi connectivity index (χ1n) is 19.0. The van der Waals surface area contributed by atoms with Gasteiger partial charge in [-0.25, -0.2) is 23.1 Å². The van der Waals surface area contributed by atoms with Crippen molar-refractivity contribution in [2.45, 2.75) is 140 Å². The lowest BCUT2D eigenvalue weighted by atomic mass is 9.85. The Balaban J connectivity index is 3.09. The van der Waals surface area contributed by atoms with E-state index < -0.39 is 99.2 Å². The number of unbranched alkanes of at least 4 members (excludes halogenated alkanes) is 12. The summed E-state index contributed by atoms with van der Waals surface area (Å²) in [5.41, 5.74) is 0. The van der Waals surface area contributed by atoms with Crippen LogP contribution >= 0.6 is 31.3 Å². The second-order valence-electron chi connectivity index (χ2n) is 13.3. The molecule has 0 aromatic heterocycles. The summed E-state index contributed by atoms with van der Waals surface area (Å²) in [6, 6.07) is 0. The molecule has 1 fully saturated rings. The monoisotopic (exact) mass is 960 g/mol. The first kappa shape index (κ1) is 57.1. The van der Waals surface area contributed by atoms with Crippen molar-refractivity contribution in [1.29, 1.82) is 0 Å². The molecule has 1 rings (SSSR count). The lowest BCUT2D eigenvalue weighted by molar-refractivity contribution is -0.209. The largest absolute Gasteiger partial charge is 0.472 e. The quantitative estimate of drug-likeness (QED) is 0.0178. The number of rotatable bonds is 28. The average molecular weight is 961 g/mol. The molecule has 1 saturated carbocycles. The maximum absolute atomic E-state index is 13.1. The molecule has 8 atom stereocenters. The van der Waals surface area contributed by atoms with Gasteiger partial charge in [0.15, 0.2) is 6.10 Å². The molecule has 0 heterocycles. The van der Waals surface area contributed by atoms with E-state index in [0.29, 0.717) is 12.8 Å². The van der Waals surface area contributed by atoms with Crippen LogP contribution in [0.5, 0.6) is 0 Å². The van der Waals surface area contributed by atoms with Crippen LogP contribution in [0.2, 0.25) is 0 Å². The Bertz CT molecular complexity index is 1880. The van der Waals surface area contributed by atoms with Gasteiger partial charge in [0.2, 0.25) is 0 Å². The second-order valence-corrected chi connectivity index (χ2v) is 18.3. The fraction of sp³-hybridized carbons (Fsp3) is 0.667. The SMILES string of the molecule is C#CC#CC#CC#CC#CC(=O)OC[C@@H](COP(=O)(O)OC1C(O)[C@H](OP(=O)(O)O)C(OP(=O)(O)O)C(OP(=O)(O)O)[C@@H]1O)OC(=O)CCCCCCCCCCCCCCC. The fourth-order valence-corrected chi connectivity index (χ4v) is 8.26. The van der Waals surface area contributed by atoms with Crippen molar-refractivity contribution in [2.24, 2.45) is 0 Å². The Morgan fingerprint density at radius 2 is 0.984 bits per heavy atom. The molecule has 26 heteroatoms. The van der Waals surface area contributed by atoms with Crippen molar-refractivity contribution in [3.05, 3.63) is 0 Å². The van der Waals surface area contributed by atoms with Gasteiger partial charge < -0.3 is 53.9 Å². The number of terminal acetylenes is 1. The predicted octanol–water partition coefficient (Wildman–Crippen LogP) is 2.24. The van der Waals surface area contributed by atoms with Gasteiger partial charge in [0, 0.05) is 12.3 Å². The van der Waals surface area contributed by atoms with Crippen LogP contribution in [-0.4, -0.2) is 112 Å². The van der Waals surface area contributed by atoms with Crippen molar-refractivity contribution in [1.82, 2.24) is 0 Å². The highest BCUT2D eigenvalue weighted by Gasteiger charge is 2.59. The van der Waals surface area contributed by atoms with Gasteiger partial charge in [-0.05, 0) is 53.8 Å². The molecule has 62 heavy (non-hydrogen) atoms. The summed E-state index contributed by atoms with van der Waals surface area (Å²) in [7, 11) is -23.1. The smallest absolute Gasteiger partial charge is 0.456 e. The standard InChI is InChI=1S/C36H52O22P4/c1-3-5-7-9-11-13-14-15-16-17-19-21-23-25-30(38)54-28(26-52-29(37)24-22-20-18-12-10-8-6-4-2)27-53-62(50,51)58-33-31(39)34(55-59(41,42)43)36(57-61(47,48)49)35(32(33)40)56-60(44,45)46/h2,28,31-36,39-40H,3,5,7,9,11,13-17,19,21,23,25-27H2,1H3,(H,50,51)(H2,41,42,43)(H2,44,45,46)(H2,47,48,49)/t28-,31+,32?,33?,34?,35-,36?/m0/s1. The van der Waals surface area contributed by atoms with Gasteiger partial charge in [-0.15, -0.1) is 6.42 Å². The minimum Gasteiger partial charge on any atom is -0.456 e. The van der Waals surface area contributed by atoms with E-state index in [1.165, 1.54) is 38.5 Å². The minimum absolute atomic E-state index is 0.127. The molecule has 0 aromatic rings. The number of hydrogen-bond donors (Lipinski definition) is 9. The molecule has 0 spiro atoms. The lowest BCUT2D eigenvalue weighted by Crippen LogP contribution is -2.65. The van der Waals surface area contributed by atoms with E-state index in [2.05, 4.69) is 61.9 Å². The van der Waals surface area contributed by atoms with Crippen LogP contribution in [0, 0.1) is 59.7 Å². The highest BCUT2D eigenvalue weighted by Crippen LogP contribution is 2.53. The summed E-state index contributed by atoms with van der Waals surface area (Å²) in [5.74, 6) is 17.7. The number of carbonyl (C=O) groups is 2. The highest BCUT2D eigenvalue weighted by molar-refractivity contribution is 7.47. The molecular weight excluding hydrogens is 908 g/mol. The summed E-state index contributed by atoms with van der Waals surface area (Å²) in [4.78, 5) is 91.6. The van der Waals surface area contributed by atoms with Gasteiger partial charge >= 0.3 is 43.2 Å². The van der Waals surface area contributed by atoms with Crippen LogP contribution in [0.25, 0.3) is 0 Å².